The summed E-state index contributed by atoms with van der Waals surface area (Å²) in [5, 5.41) is 5.38. The summed E-state index contributed by atoms with van der Waals surface area (Å²) in [5.41, 5.74) is 3.78. The van der Waals surface area contributed by atoms with E-state index in [0.717, 1.165) is 36.4 Å². The van der Waals surface area contributed by atoms with Crippen LogP contribution in [0, 0.1) is 0 Å². The van der Waals surface area contributed by atoms with Crippen molar-refractivity contribution in [1.29, 1.82) is 0 Å². The Bertz CT molecular complexity index is 1610. The number of amidine groups is 1. The zero-order chi connectivity index (χ0) is 35.0. The second kappa shape index (κ2) is 19.2. The number of hydrogen-bond donors (Lipinski definition) is 2. The molecule has 0 aromatic heterocycles. The van der Waals surface area contributed by atoms with Crippen molar-refractivity contribution >= 4 is 46.0 Å². The molecule has 3 aliphatic rings. The minimum absolute atomic E-state index is 0.153. The fraction of sp³-hybridized carbons (Fsp3) is 0.316. The van der Waals surface area contributed by atoms with E-state index in [4.69, 9.17) is 14.5 Å². The summed E-state index contributed by atoms with van der Waals surface area (Å²) >= 11 is 1.33. The molecule has 2 saturated heterocycles. The fourth-order valence-electron chi connectivity index (χ4n) is 5.01. The van der Waals surface area contributed by atoms with Gasteiger partial charge in [0.1, 0.15) is 11.0 Å². The first kappa shape index (κ1) is 37.0. The quantitative estimate of drug-likeness (QED) is 0.273. The third-order valence-corrected chi connectivity index (χ3v) is 8.83. The minimum atomic E-state index is -0.608. The SMILES string of the molecule is C=C(/C=C\C(=C/C)NC(=O)CNC(=O)Cc1ccccc1)C1SC(=Nc2ccc(N3CCOCC3)cc2)N(CC2=CCC=CO2)C1=O.CC. The molecule has 1 unspecified atom stereocenters. The standard InChI is InChI=1S/C36H39N5O5S.C2H6/c1-3-28(38-33(43)24-37-32(42)23-27-9-5-4-6-10-27)13-12-26(2)34-35(44)41(25-31-11-7-8-20-46-31)36(47-34)39-29-14-16-30(17-15-29)40-18-21-45-22-19-40;1-2/h3-6,8-17,20,34H,2,7,18-19,21-25H2,1H3,(H,37,42)(H,38,43);1-2H3/b13-12-,28-3+,39-36?;. The smallest absolute Gasteiger partial charge is 0.247 e. The zero-order valence-electron chi connectivity index (χ0n) is 28.4. The van der Waals surface area contributed by atoms with Gasteiger partial charge in [-0.15, -0.1) is 0 Å². The van der Waals surface area contributed by atoms with E-state index >= 15 is 0 Å². The predicted molar refractivity (Wildman–Crippen MR) is 197 cm³/mol. The third-order valence-electron chi connectivity index (χ3n) is 7.57. The largest absolute Gasteiger partial charge is 0.468 e. The van der Waals surface area contributed by atoms with Gasteiger partial charge in [0, 0.05) is 24.5 Å². The van der Waals surface area contributed by atoms with Crippen LogP contribution in [-0.4, -0.2) is 72.4 Å². The van der Waals surface area contributed by atoms with E-state index in [9.17, 15) is 14.4 Å². The number of carbonyl (C=O) groups excluding carboxylic acids is 3. The van der Waals surface area contributed by atoms with Crippen molar-refractivity contribution in [1.82, 2.24) is 15.5 Å². The van der Waals surface area contributed by atoms with Gasteiger partial charge >= 0.3 is 0 Å². The number of ether oxygens (including phenoxy) is 2. The molecule has 1 atom stereocenters. The monoisotopic (exact) mass is 683 g/mol. The van der Waals surface area contributed by atoms with Gasteiger partial charge in [0.05, 0.1) is 44.7 Å². The van der Waals surface area contributed by atoms with Crippen LogP contribution >= 0.6 is 11.8 Å². The molecule has 2 N–H and O–H groups in total. The number of anilines is 1. The third kappa shape index (κ3) is 11.1. The highest BCUT2D eigenvalue weighted by molar-refractivity contribution is 8.15. The molecule has 0 aliphatic carbocycles. The van der Waals surface area contributed by atoms with Crippen molar-refractivity contribution in [3.05, 3.63) is 120 Å². The van der Waals surface area contributed by atoms with Gasteiger partial charge in [-0.1, -0.05) is 74.7 Å². The Labute approximate surface area is 293 Å². The summed E-state index contributed by atoms with van der Waals surface area (Å²) in [6.07, 6.45) is 11.5. The number of amides is 3. The Morgan fingerprint density at radius 3 is 2.45 bits per heavy atom. The van der Waals surface area contributed by atoms with Gasteiger partial charge in [-0.2, -0.15) is 0 Å². The van der Waals surface area contributed by atoms with E-state index in [0.29, 0.717) is 35.4 Å². The molecule has 258 valence electrons. The van der Waals surface area contributed by atoms with Gasteiger partial charge < -0.3 is 25.0 Å². The van der Waals surface area contributed by atoms with Gasteiger partial charge in [-0.25, -0.2) is 4.99 Å². The van der Waals surface area contributed by atoms with Crippen LogP contribution in [0.5, 0.6) is 0 Å². The number of nitrogens with zero attached hydrogens (tertiary/aromatic N) is 3. The van der Waals surface area contributed by atoms with Gasteiger partial charge in [-0.3, -0.25) is 19.3 Å². The number of nitrogens with one attached hydrogen (secondary N) is 2. The fourth-order valence-corrected chi connectivity index (χ4v) is 6.12. The number of benzene rings is 2. The molecule has 5 rings (SSSR count). The number of morpholine rings is 1. The number of rotatable bonds is 12. The average Bonchev–Trinajstić information content (AvgIpc) is 3.45. The maximum atomic E-state index is 13.7. The Morgan fingerprint density at radius 1 is 1.04 bits per heavy atom. The molecule has 3 heterocycles. The highest BCUT2D eigenvalue weighted by atomic mass is 32.2. The topological polar surface area (TPSA) is 113 Å². The Balaban J connectivity index is 0.00000265. The van der Waals surface area contributed by atoms with Crippen LogP contribution in [0.4, 0.5) is 11.4 Å². The molecule has 49 heavy (non-hydrogen) atoms. The normalized spacial score (nSPS) is 18.5. The molecule has 11 heteroatoms. The number of aliphatic imine (C=N–C) groups is 1. The van der Waals surface area contributed by atoms with Crippen LogP contribution in [0.25, 0.3) is 0 Å². The Kier molecular flexibility index (Phi) is 14.5. The lowest BCUT2D eigenvalue weighted by Crippen LogP contribution is -2.37. The summed E-state index contributed by atoms with van der Waals surface area (Å²) in [6.45, 7) is 13.2. The summed E-state index contributed by atoms with van der Waals surface area (Å²) in [5.74, 6) is -0.0846. The van der Waals surface area contributed by atoms with Crippen LogP contribution in [-0.2, 0) is 30.3 Å². The Hall–Kier alpha value is -4.87. The van der Waals surface area contributed by atoms with E-state index in [-0.39, 0.29) is 37.2 Å². The van der Waals surface area contributed by atoms with Crippen LogP contribution in [0.3, 0.4) is 0 Å². The predicted octanol–water partition coefficient (Wildman–Crippen LogP) is 5.79. The molecule has 3 amide bonds. The average molecular weight is 684 g/mol. The maximum Gasteiger partial charge on any atom is 0.247 e. The molecule has 2 aromatic carbocycles. The van der Waals surface area contributed by atoms with Crippen LogP contribution in [0.1, 0.15) is 32.8 Å². The number of thioether (sulfide) groups is 1. The molecule has 0 saturated carbocycles. The van der Waals surface area contributed by atoms with Gasteiger partial charge in [0.2, 0.25) is 17.7 Å². The van der Waals surface area contributed by atoms with Crippen molar-refractivity contribution in [3.63, 3.8) is 0 Å². The van der Waals surface area contributed by atoms with Crippen molar-refractivity contribution in [2.24, 2.45) is 4.99 Å². The van der Waals surface area contributed by atoms with E-state index in [1.165, 1.54) is 11.8 Å². The van der Waals surface area contributed by atoms with Crippen molar-refractivity contribution in [3.8, 4) is 0 Å². The van der Waals surface area contributed by atoms with E-state index in [2.05, 4.69) is 22.1 Å². The molecular weight excluding hydrogens is 639 g/mol. The summed E-state index contributed by atoms with van der Waals surface area (Å²) in [7, 11) is 0. The molecule has 0 spiro atoms. The summed E-state index contributed by atoms with van der Waals surface area (Å²) < 4.78 is 11.1. The van der Waals surface area contributed by atoms with Crippen molar-refractivity contribution < 1.29 is 23.9 Å². The lowest BCUT2D eigenvalue weighted by atomic mass is 10.1. The molecule has 0 bridgehead atoms. The molecule has 0 radical (unpaired) electrons. The lowest BCUT2D eigenvalue weighted by molar-refractivity contribution is -0.125. The first-order chi connectivity index (χ1) is 23.9. The molecule has 2 aromatic rings. The second-order valence-electron chi connectivity index (χ2n) is 11.0. The van der Waals surface area contributed by atoms with Crippen molar-refractivity contribution in [2.45, 2.75) is 38.9 Å². The number of hydrogen-bond acceptors (Lipinski definition) is 8. The molecule has 2 fully saturated rings. The van der Waals surface area contributed by atoms with Crippen LogP contribution in [0.15, 0.2) is 120 Å². The van der Waals surface area contributed by atoms with Crippen LogP contribution < -0.4 is 15.5 Å². The molecular formula is C38H45N5O5S. The first-order valence-corrected chi connectivity index (χ1v) is 17.4. The van der Waals surface area contributed by atoms with Gasteiger partial charge in [0.25, 0.3) is 0 Å². The lowest BCUT2D eigenvalue weighted by Gasteiger charge is -2.28. The Morgan fingerprint density at radius 2 is 1.78 bits per heavy atom. The highest BCUT2D eigenvalue weighted by Crippen LogP contribution is 2.35. The van der Waals surface area contributed by atoms with Gasteiger partial charge in [0.15, 0.2) is 5.17 Å². The van der Waals surface area contributed by atoms with Gasteiger partial charge in [-0.05, 0) is 67.0 Å². The second-order valence-corrected chi connectivity index (χ2v) is 12.0. The first-order valence-electron chi connectivity index (χ1n) is 16.5. The van der Waals surface area contributed by atoms with E-state index in [1.54, 1.807) is 36.3 Å². The maximum absolute atomic E-state index is 13.7. The van der Waals surface area contributed by atoms with E-state index < -0.39 is 5.25 Å². The van der Waals surface area contributed by atoms with Crippen LogP contribution in [0.2, 0.25) is 0 Å². The molecule has 10 nitrogen and oxygen atoms in total. The number of allylic oxidation sites excluding steroid dienone is 5. The number of carbonyl (C=O) groups is 3. The summed E-state index contributed by atoms with van der Waals surface area (Å²) in [4.78, 5) is 47.3. The summed E-state index contributed by atoms with van der Waals surface area (Å²) in [6, 6.07) is 17.3. The van der Waals surface area contributed by atoms with Crippen molar-refractivity contribution in [2.75, 3.05) is 44.3 Å². The molecule has 3 aliphatic heterocycles. The highest BCUT2D eigenvalue weighted by Gasteiger charge is 2.39. The van der Waals surface area contributed by atoms with E-state index in [1.807, 2.05) is 80.6 Å². The minimum Gasteiger partial charge on any atom is -0.468 e. The zero-order valence-corrected chi connectivity index (χ0v) is 29.2.